The number of aromatic nitrogens is 1. The topological polar surface area (TPSA) is 108 Å². The van der Waals surface area contributed by atoms with Crippen molar-refractivity contribution in [2.45, 2.75) is 38.8 Å². The molecule has 0 aromatic carbocycles. The largest absolute Gasteiger partial charge is 0.490 e. The zero-order valence-corrected chi connectivity index (χ0v) is 18.0. The van der Waals surface area contributed by atoms with Crippen LogP contribution in [0.5, 0.6) is 0 Å². The van der Waals surface area contributed by atoms with Gasteiger partial charge in [-0.1, -0.05) is 6.07 Å². The molecule has 8 nitrogen and oxygen atoms in total. The molecule has 3 heterocycles. The molecule has 1 unspecified atom stereocenters. The number of carboxylic acid groups (broad SMARTS) is 1. The van der Waals surface area contributed by atoms with Gasteiger partial charge in [-0.15, -0.1) is 0 Å². The highest BCUT2D eigenvalue weighted by atomic mass is 32.2. The zero-order chi connectivity index (χ0) is 23.3. The maximum atomic E-state index is 12.6. The van der Waals surface area contributed by atoms with Gasteiger partial charge in [0.25, 0.3) is 0 Å². The minimum absolute atomic E-state index is 0.0644. The van der Waals surface area contributed by atoms with Gasteiger partial charge in [-0.25, -0.2) is 17.5 Å². The third-order valence-corrected chi connectivity index (χ3v) is 7.32. The van der Waals surface area contributed by atoms with Gasteiger partial charge in [0.1, 0.15) is 0 Å². The van der Waals surface area contributed by atoms with Crippen molar-refractivity contribution in [2.24, 2.45) is 5.41 Å². The van der Waals surface area contributed by atoms with Gasteiger partial charge in [0.15, 0.2) is 0 Å². The summed E-state index contributed by atoms with van der Waals surface area (Å²) in [6.07, 6.45) is 1.50. The highest BCUT2D eigenvalue weighted by Gasteiger charge is 2.45. The standard InChI is InChI=1S/C17H25N3O3S.C2HF3O2/c1-2-24(22,23)20-10-7-17(14-20)6-4-9-19(13-17)16(21)11-15-5-3-8-18-12-15;3-2(4,5)1(6)7/h3,5,8,12H,2,4,6-7,9-11,13-14H2,1H3;(H,6,7). The second kappa shape index (κ2) is 9.94. The molecule has 12 heteroatoms. The molecule has 2 fully saturated rings. The Bertz CT molecular complexity index is 880. The van der Waals surface area contributed by atoms with Crippen LogP contribution in [-0.4, -0.2) is 77.7 Å². The summed E-state index contributed by atoms with van der Waals surface area (Å²) in [7, 11) is -3.14. The van der Waals surface area contributed by atoms with Crippen molar-refractivity contribution in [3.05, 3.63) is 30.1 Å². The van der Waals surface area contributed by atoms with Crippen LogP contribution in [0, 0.1) is 5.41 Å². The van der Waals surface area contributed by atoms with E-state index in [0.717, 1.165) is 31.4 Å². The van der Waals surface area contributed by atoms with Crippen molar-refractivity contribution in [1.29, 1.82) is 0 Å². The molecule has 1 aromatic rings. The third-order valence-electron chi connectivity index (χ3n) is 5.50. The van der Waals surface area contributed by atoms with Gasteiger partial charge in [0.2, 0.25) is 15.9 Å². The fraction of sp³-hybridized carbons (Fsp3) is 0.632. The SMILES string of the molecule is CCS(=O)(=O)N1CCC2(CCCN(C(=O)Cc3cccnc3)C2)C1.O=C(O)C(F)(F)F. The van der Waals surface area contributed by atoms with Crippen LogP contribution in [0.25, 0.3) is 0 Å². The first-order valence-electron chi connectivity index (χ1n) is 9.83. The molecule has 2 aliphatic rings. The number of sulfonamides is 1. The van der Waals surface area contributed by atoms with Crippen molar-refractivity contribution >= 4 is 21.9 Å². The van der Waals surface area contributed by atoms with E-state index < -0.39 is 22.2 Å². The number of carbonyl (C=O) groups excluding carboxylic acids is 1. The monoisotopic (exact) mass is 465 g/mol. The first-order valence-corrected chi connectivity index (χ1v) is 11.4. The van der Waals surface area contributed by atoms with E-state index in [4.69, 9.17) is 9.90 Å². The quantitative estimate of drug-likeness (QED) is 0.728. The summed E-state index contributed by atoms with van der Waals surface area (Å²) < 4.78 is 57.6. The summed E-state index contributed by atoms with van der Waals surface area (Å²) in [5, 5.41) is 7.12. The van der Waals surface area contributed by atoms with E-state index in [-0.39, 0.29) is 17.1 Å². The lowest BCUT2D eigenvalue weighted by Crippen LogP contribution is -2.48. The van der Waals surface area contributed by atoms with Crippen LogP contribution >= 0.6 is 0 Å². The van der Waals surface area contributed by atoms with Crippen molar-refractivity contribution in [3.8, 4) is 0 Å². The summed E-state index contributed by atoms with van der Waals surface area (Å²) in [5.41, 5.74) is 0.856. The van der Waals surface area contributed by atoms with E-state index in [1.54, 1.807) is 23.6 Å². The summed E-state index contributed by atoms with van der Waals surface area (Å²) >= 11 is 0. The highest BCUT2D eigenvalue weighted by Crippen LogP contribution is 2.40. The van der Waals surface area contributed by atoms with Crippen LogP contribution in [-0.2, 0) is 26.0 Å². The van der Waals surface area contributed by atoms with Crippen LogP contribution in [0.3, 0.4) is 0 Å². The molecule has 0 bridgehead atoms. The van der Waals surface area contributed by atoms with Gasteiger partial charge >= 0.3 is 12.1 Å². The predicted molar refractivity (Wildman–Crippen MR) is 106 cm³/mol. The number of amides is 1. The van der Waals surface area contributed by atoms with Crippen LogP contribution in [0.2, 0.25) is 0 Å². The zero-order valence-electron chi connectivity index (χ0n) is 17.1. The second-order valence-corrected chi connectivity index (χ2v) is 10.0. The fourth-order valence-corrected chi connectivity index (χ4v) is 5.06. The van der Waals surface area contributed by atoms with Gasteiger partial charge in [0, 0.05) is 44.0 Å². The number of alkyl halides is 3. The van der Waals surface area contributed by atoms with Crippen molar-refractivity contribution in [2.75, 3.05) is 31.9 Å². The molecule has 1 atom stereocenters. The number of pyridine rings is 1. The summed E-state index contributed by atoms with van der Waals surface area (Å²) in [6, 6.07) is 3.75. The molecular weight excluding hydrogens is 439 g/mol. The number of carboxylic acids is 1. The lowest BCUT2D eigenvalue weighted by atomic mass is 9.79. The number of piperidine rings is 1. The Morgan fingerprint density at radius 3 is 2.45 bits per heavy atom. The number of hydrogen-bond acceptors (Lipinski definition) is 5. The maximum Gasteiger partial charge on any atom is 0.490 e. The molecule has 1 spiro atoms. The first kappa shape index (κ1) is 25.1. The fourth-order valence-electron chi connectivity index (χ4n) is 3.86. The van der Waals surface area contributed by atoms with Crippen LogP contribution in [0.4, 0.5) is 13.2 Å². The maximum absolute atomic E-state index is 12.6. The number of nitrogens with zero attached hydrogens (tertiary/aromatic N) is 3. The average Bonchev–Trinajstić information content (AvgIpc) is 3.12. The van der Waals surface area contributed by atoms with Crippen molar-refractivity contribution < 1.29 is 36.3 Å². The molecule has 0 saturated carbocycles. The smallest absolute Gasteiger partial charge is 0.475 e. The Labute approximate surface area is 179 Å². The van der Waals surface area contributed by atoms with Gasteiger partial charge in [-0.3, -0.25) is 9.78 Å². The van der Waals surface area contributed by atoms with Gasteiger partial charge in [-0.05, 0) is 37.8 Å². The molecule has 174 valence electrons. The Kier molecular flexibility index (Phi) is 8.04. The number of carbonyl (C=O) groups is 2. The predicted octanol–water partition coefficient (Wildman–Crippen LogP) is 1.92. The number of likely N-dealkylation sites (tertiary alicyclic amines) is 1. The summed E-state index contributed by atoms with van der Waals surface area (Å²) in [5.74, 6) is -2.50. The van der Waals surface area contributed by atoms with E-state index in [2.05, 4.69) is 4.98 Å². The normalized spacial score (nSPS) is 22.1. The molecule has 2 saturated heterocycles. The molecule has 0 aliphatic carbocycles. The lowest BCUT2D eigenvalue weighted by molar-refractivity contribution is -0.192. The first-order chi connectivity index (χ1) is 14.4. The van der Waals surface area contributed by atoms with E-state index in [1.807, 2.05) is 17.0 Å². The number of halogens is 3. The molecule has 3 rings (SSSR count). The second-order valence-electron chi connectivity index (χ2n) is 7.74. The van der Waals surface area contributed by atoms with E-state index in [9.17, 15) is 26.4 Å². The van der Waals surface area contributed by atoms with Crippen LogP contribution in [0.1, 0.15) is 31.7 Å². The Hall–Kier alpha value is -2.21. The van der Waals surface area contributed by atoms with E-state index in [0.29, 0.717) is 26.1 Å². The Balaban J connectivity index is 0.000000423. The van der Waals surface area contributed by atoms with E-state index in [1.165, 1.54) is 0 Å². The van der Waals surface area contributed by atoms with E-state index >= 15 is 0 Å². The molecule has 2 aliphatic heterocycles. The van der Waals surface area contributed by atoms with Crippen molar-refractivity contribution in [3.63, 3.8) is 0 Å². The molecule has 0 radical (unpaired) electrons. The third kappa shape index (κ3) is 6.89. The molecule has 1 aromatic heterocycles. The average molecular weight is 465 g/mol. The summed E-state index contributed by atoms with van der Waals surface area (Å²) in [4.78, 5) is 27.5. The molecule has 1 N–H and O–H groups in total. The van der Waals surface area contributed by atoms with Gasteiger partial charge in [-0.2, -0.15) is 13.2 Å². The number of rotatable bonds is 4. The van der Waals surface area contributed by atoms with Crippen LogP contribution in [0.15, 0.2) is 24.5 Å². The van der Waals surface area contributed by atoms with Crippen molar-refractivity contribution in [1.82, 2.24) is 14.2 Å². The summed E-state index contributed by atoms with van der Waals surface area (Å²) in [6.45, 7) is 4.26. The minimum Gasteiger partial charge on any atom is -0.475 e. The molecule has 31 heavy (non-hydrogen) atoms. The molecular formula is C19H26F3N3O5S. The van der Waals surface area contributed by atoms with Gasteiger partial charge in [0.05, 0.1) is 12.2 Å². The van der Waals surface area contributed by atoms with Crippen LogP contribution < -0.4 is 0 Å². The van der Waals surface area contributed by atoms with Gasteiger partial charge < -0.3 is 10.0 Å². The Morgan fingerprint density at radius 1 is 1.23 bits per heavy atom. The minimum atomic E-state index is -5.08. The number of hydrogen-bond donors (Lipinski definition) is 1. The lowest BCUT2D eigenvalue weighted by Gasteiger charge is -2.40. The highest BCUT2D eigenvalue weighted by molar-refractivity contribution is 7.89. The number of aliphatic carboxylic acids is 1. The Morgan fingerprint density at radius 2 is 1.90 bits per heavy atom. The molecule has 1 amide bonds.